The highest BCUT2D eigenvalue weighted by Gasteiger charge is 2.37. The smallest absolute Gasteiger partial charge is 0.123 e. The quantitative estimate of drug-likeness (QED) is 0.261. The minimum Gasteiger partial charge on any atom is -0.384 e. The number of rotatable bonds is 4. The fraction of sp³-hybridized carbons (Fsp3) is 0.0938. The number of para-hydroxylation sites is 2. The molecule has 1 aliphatic heterocycles. The van der Waals surface area contributed by atoms with Crippen LogP contribution in [0.4, 0.5) is 8.78 Å². The molecule has 6 aromatic rings. The van der Waals surface area contributed by atoms with Gasteiger partial charge in [-0.1, -0.05) is 60.7 Å². The van der Waals surface area contributed by atoms with E-state index in [9.17, 15) is 13.9 Å². The lowest BCUT2D eigenvalue weighted by atomic mass is 9.91. The van der Waals surface area contributed by atoms with Crippen molar-refractivity contribution < 1.29 is 18.6 Å². The van der Waals surface area contributed by atoms with Gasteiger partial charge in [-0.25, -0.2) is 13.5 Å². The van der Waals surface area contributed by atoms with Crippen LogP contribution in [-0.4, -0.2) is 26.5 Å². The lowest BCUT2D eigenvalue weighted by molar-refractivity contribution is -0.0161. The van der Waals surface area contributed by atoms with Gasteiger partial charge in [0.25, 0.3) is 0 Å². The number of aromatic amines is 1. The SMILES string of the molecule is O[C@@H]1CO[C@@H](c2cccc(F)c2)c2c(-c3[nH]c4ccccc4c3-c3cccc(F)c3)nn(-c3ccccc3)c21. The summed E-state index contributed by atoms with van der Waals surface area (Å²) >= 11 is 0. The lowest BCUT2D eigenvalue weighted by Gasteiger charge is -2.28. The highest BCUT2D eigenvalue weighted by Crippen LogP contribution is 2.47. The average molecular weight is 520 g/mol. The summed E-state index contributed by atoms with van der Waals surface area (Å²) in [5.74, 6) is -0.733. The molecule has 0 saturated carbocycles. The standard InChI is InChI=1S/C32H23F2N3O2/c33-21-10-6-8-19(16-21)27-24-14-4-5-15-25(24)35-29(27)30-28-31(37(36-30)23-12-2-1-3-13-23)26(38)18-39-32(28)20-9-7-11-22(34)17-20/h1-17,26,32,35,38H,18H2/t26-,32+/m1/s1. The Kier molecular flexibility index (Phi) is 5.61. The highest BCUT2D eigenvalue weighted by atomic mass is 19.1. The van der Waals surface area contributed by atoms with Crippen molar-refractivity contribution in [3.63, 3.8) is 0 Å². The van der Waals surface area contributed by atoms with Crippen LogP contribution in [0.1, 0.15) is 29.0 Å². The number of ether oxygens (including phenoxy) is 1. The molecule has 7 rings (SSSR count). The predicted octanol–water partition coefficient (Wildman–Crippen LogP) is 7.12. The molecule has 7 heteroatoms. The zero-order chi connectivity index (χ0) is 26.5. The van der Waals surface area contributed by atoms with E-state index in [4.69, 9.17) is 9.84 Å². The van der Waals surface area contributed by atoms with Crippen LogP contribution in [0.5, 0.6) is 0 Å². The number of nitrogens with zero attached hydrogens (tertiary/aromatic N) is 2. The number of H-pyrrole nitrogens is 1. The van der Waals surface area contributed by atoms with E-state index in [-0.39, 0.29) is 18.2 Å². The Morgan fingerprint density at radius 2 is 1.59 bits per heavy atom. The van der Waals surface area contributed by atoms with Gasteiger partial charge in [0.2, 0.25) is 0 Å². The molecule has 192 valence electrons. The number of halogens is 2. The van der Waals surface area contributed by atoms with Crippen molar-refractivity contribution >= 4 is 10.9 Å². The number of aliphatic hydroxyl groups is 1. The van der Waals surface area contributed by atoms with E-state index in [1.165, 1.54) is 24.3 Å². The first kappa shape index (κ1) is 23.5. The van der Waals surface area contributed by atoms with E-state index in [0.717, 1.165) is 22.2 Å². The van der Waals surface area contributed by atoms with Gasteiger partial charge in [0, 0.05) is 22.0 Å². The molecule has 39 heavy (non-hydrogen) atoms. The maximum Gasteiger partial charge on any atom is 0.123 e. The number of nitrogens with one attached hydrogen (secondary N) is 1. The first-order chi connectivity index (χ1) is 19.1. The number of aliphatic hydroxyl groups excluding tert-OH is 1. The van der Waals surface area contributed by atoms with Crippen molar-refractivity contribution in [2.24, 2.45) is 0 Å². The van der Waals surface area contributed by atoms with E-state index in [1.807, 2.05) is 60.7 Å². The van der Waals surface area contributed by atoms with Gasteiger partial charge in [0.1, 0.15) is 29.5 Å². The molecule has 2 N–H and O–H groups in total. The highest BCUT2D eigenvalue weighted by molar-refractivity contribution is 6.03. The van der Waals surface area contributed by atoms with Crippen molar-refractivity contribution in [2.75, 3.05) is 6.61 Å². The number of aromatic nitrogens is 3. The molecule has 0 unspecified atom stereocenters. The van der Waals surface area contributed by atoms with Gasteiger partial charge in [0.15, 0.2) is 0 Å². The van der Waals surface area contributed by atoms with Crippen molar-refractivity contribution in [3.8, 4) is 28.2 Å². The molecule has 0 saturated heterocycles. The Labute approximate surface area is 222 Å². The normalized spacial score (nSPS) is 16.9. The Hall–Kier alpha value is -4.59. The second kappa shape index (κ2) is 9.31. The molecule has 0 amide bonds. The maximum absolute atomic E-state index is 14.4. The van der Waals surface area contributed by atoms with E-state index in [1.54, 1.807) is 22.9 Å². The number of fused-ring (bicyclic) bond motifs is 2. The summed E-state index contributed by atoms with van der Waals surface area (Å²) in [5.41, 5.74) is 6.10. The topological polar surface area (TPSA) is 63.1 Å². The molecular weight excluding hydrogens is 496 g/mol. The zero-order valence-electron chi connectivity index (χ0n) is 20.7. The Morgan fingerprint density at radius 3 is 2.38 bits per heavy atom. The monoisotopic (exact) mass is 519 g/mol. The van der Waals surface area contributed by atoms with E-state index < -0.39 is 12.2 Å². The average Bonchev–Trinajstić information content (AvgIpc) is 3.54. The Bertz CT molecular complexity index is 1830. The summed E-state index contributed by atoms with van der Waals surface area (Å²) in [6.07, 6.45) is -1.65. The summed E-state index contributed by atoms with van der Waals surface area (Å²) < 4.78 is 36.7. The molecule has 5 nitrogen and oxygen atoms in total. The van der Waals surface area contributed by atoms with Crippen LogP contribution in [0.2, 0.25) is 0 Å². The molecule has 0 bridgehead atoms. The first-order valence-corrected chi connectivity index (χ1v) is 12.7. The largest absolute Gasteiger partial charge is 0.384 e. The fourth-order valence-corrected chi connectivity index (χ4v) is 5.52. The van der Waals surface area contributed by atoms with Crippen molar-refractivity contribution in [2.45, 2.75) is 12.2 Å². The van der Waals surface area contributed by atoms with E-state index in [2.05, 4.69) is 4.98 Å². The maximum atomic E-state index is 14.4. The number of benzene rings is 4. The van der Waals surface area contributed by atoms with Gasteiger partial charge in [-0.2, -0.15) is 5.10 Å². The third-order valence-electron chi connectivity index (χ3n) is 7.17. The predicted molar refractivity (Wildman–Crippen MR) is 145 cm³/mol. The number of hydrogen-bond donors (Lipinski definition) is 2. The van der Waals surface area contributed by atoms with E-state index >= 15 is 0 Å². The van der Waals surface area contributed by atoms with Gasteiger partial charge in [-0.05, 0) is 53.6 Å². The molecule has 2 atom stereocenters. The molecular formula is C32H23F2N3O2. The van der Waals surface area contributed by atoms with Gasteiger partial charge in [0.05, 0.1) is 23.7 Å². The molecule has 1 aliphatic rings. The molecule has 2 aromatic heterocycles. The van der Waals surface area contributed by atoms with Crippen molar-refractivity contribution in [1.29, 1.82) is 0 Å². The molecule has 0 radical (unpaired) electrons. The van der Waals surface area contributed by atoms with Crippen molar-refractivity contribution in [1.82, 2.24) is 14.8 Å². The summed E-state index contributed by atoms with van der Waals surface area (Å²) in [7, 11) is 0. The Balaban J connectivity index is 1.57. The Morgan fingerprint density at radius 1 is 0.846 bits per heavy atom. The van der Waals surface area contributed by atoms with Crippen LogP contribution in [0.3, 0.4) is 0 Å². The van der Waals surface area contributed by atoms with Crippen LogP contribution >= 0.6 is 0 Å². The minimum atomic E-state index is -0.965. The van der Waals surface area contributed by atoms with Crippen LogP contribution in [0, 0.1) is 11.6 Å². The van der Waals surface area contributed by atoms with Gasteiger partial charge in [-0.15, -0.1) is 0 Å². The van der Waals surface area contributed by atoms with Gasteiger partial charge in [-0.3, -0.25) is 0 Å². The van der Waals surface area contributed by atoms with Crippen LogP contribution in [0.15, 0.2) is 103 Å². The summed E-state index contributed by atoms with van der Waals surface area (Å²) in [4.78, 5) is 3.50. The second-order valence-corrected chi connectivity index (χ2v) is 9.61. The van der Waals surface area contributed by atoms with Crippen LogP contribution < -0.4 is 0 Å². The van der Waals surface area contributed by atoms with Crippen LogP contribution in [0.25, 0.3) is 39.1 Å². The molecule has 4 aromatic carbocycles. The summed E-state index contributed by atoms with van der Waals surface area (Å²) in [5, 5.41) is 17.2. The third kappa shape index (κ3) is 3.94. The minimum absolute atomic E-state index is 0.0234. The summed E-state index contributed by atoms with van der Waals surface area (Å²) in [6.45, 7) is 0.0234. The molecule has 3 heterocycles. The zero-order valence-corrected chi connectivity index (χ0v) is 20.7. The van der Waals surface area contributed by atoms with Crippen molar-refractivity contribution in [3.05, 3.63) is 132 Å². The second-order valence-electron chi connectivity index (χ2n) is 9.61. The lowest BCUT2D eigenvalue weighted by Crippen LogP contribution is -2.23. The summed E-state index contributed by atoms with van der Waals surface area (Å²) in [6, 6.07) is 30.0. The first-order valence-electron chi connectivity index (χ1n) is 12.7. The molecule has 0 aliphatic carbocycles. The van der Waals surface area contributed by atoms with Gasteiger partial charge >= 0.3 is 0 Å². The van der Waals surface area contributed by atoms with Crippen LogP contribution in [-0.2, 0) is 4.74 Å². The molecule has 0 fully saturated rings. The third-order valence-corrected chi connectivity index (χ3v) is 7.17. The van der Waals surface area contributed by atoms with E-state index in [0.29, 0.717) is 33.8 Å². The molecule has 0 spiro atoms. The fourth-order valence-electron chi connectivity index (χ4n) is 5.52. The number of hydrogen-bond acceptors (Lipinski definition) is 3. The van der Waals surface area contributed by atoms with Gasteiger partial charge < -0.3 is 14.8 Å².